The van der Waals surface area contributed by atoms with Gasteiger partial charge in [0.15, 0.2) is 0 Å². The van der Waals surface area contributed by atoms with E-state index in [-0.39, 0.29) is 0 Å². The fourth-order valence-electron chi connectivity index (χ4n) is 4.20. The number of likely N-dealkylation sites (tertiary alicyclic amines) is 1. The Morgan fingerprint density at radius 1 is 1.32 bits per heavy atom. The number of carbonyl (C=O) groups excluding carboxylic acids is 1. The van der Waals surface area contributed by atoms with E-state index in [1.165, 1.54) is 43.4 Å². The molecule has 1 saturated carbocycles. The number of guanidine groups is 1. The van der Waals surface area contributed by atoms with E-state index in [0.29, 0.717) is 17.2 Å². The molecule has 0 unspecified atom stereocenters. The molecule has 6 nitrogen and oxygen atoms in total. The molecule has 0 aromatic carbocycles. The smallest absolute Gasteiger partial charge is 0.216 e. The van der Waals surface area contributed by atoms with E-state index >= 15 is 0 Å². The van der Waals surface area contributed by atoms with Crippen molar-refractivity contribution in [3.05, 3.63) is 34.7 Å². The Morgan fingerprint density at radius 3 is 2.61 bits per heavy atom. The van der Waals surface area contributed by atoms with E-state index in [1.54, 1.807) is 25.0 Å². The van der Waals surface area contributed by atoms with Crippen molar-refractivity contribution < 1.29 is 4.79 Å². The summed E-state index contributed by atoms with van der Waals surface area (Å²) in [5, 5.41) is 0. The van der Waals surface area contributed by atoms with Crippen LogP contribution in [0.15, 0.2) is 39.1 Å². The highest BCUT2D eigenvalue weighted by Gasteiger charge is 2.38. The summed E-state index contributed by atoms with van der Waals surface area (Å²) < 4.78 is 0. The Bertz CT molecular complexity index is 760. The number of nitrogens with two attached hydrogens (primary N) is 1. The molecule has 0 radical (unpaired) electrons. The van der Waals surface area contributed by atoms with Gasteiger partial charge in [-0.15, -0.1) is 0 Å². The lowest BCUT2D eigenvalue weighted by molar-refractivity contribution is -0.114. The number of hydrogen-bond acceptors (Lipinski definition) is 5. The van der Waals surface area contributed by atoms with Crippen molar-refractivity contribution in [1.29, 1.82) is 0 Å². The number of rotatable bonds is 4. The van der Waals surface area contributed by atoms with Crippen LogP contribution in [0.4, 0.5) is 0 Å². The average molecular weight is 402 g/mol. The zero-order chi connectivity index (χ0) is 20.1. The second-order valence-electron chi connectivity index (χ2n) is 8.01. The highest BCUT2D eigenvalue weighted by atomic mass is 32.2. The van der Waals surface area contributed by atoms with Gasteiger partial charge in [-0.05, 0) is 56.6 Å². The molecule has 1 aromatic heterocycles. The molecule has 0 bridgehead atoms. The molecule has 3 rings (SSSR count). The van der Waals surface area contributed by atoms with Gasteiger partial charge in [0.1, 0.15) is 5.82 Å². The number of piperidine rings is 1. The summed E-state index contributed by atoms with van der Waals surface area (Å²) in [6.07, 6.45) is 12.2. The van der Waals surface area contributed by atoms with Crippen molar-refractivity contribution in [2.45, 2.75) is 57.3 Å². The molecule has 1 aliphatic carbocycles. The van der Waals surface area contributed by atoms with Crippen LogP contribution in [0.25, 0.3) is 0 Å². The first-order valence-corrected chi connectivity index (χ1v) is 10.8. The van der Waals surface area contributed by atoms with Gasteiger partial charge in [0, 0.05) is 42.3 Å². The number of pyridine rings is 1. The lowest BCUT2D eigenvalue weighted by Crippen LogP contribution is -2.48. The molecular formula is C21H31N5OS. The largest absolute Gasteiger partial charge is 0.383 e. The highest BCUT2D eigenvalue weighted by molar-refractivity contribution is 8.03. The summed E-state index contributed by atoms with van der Waals surface area (Å²) in [7, 11) is 1.74. The monoisotopic (exact) mass is 401 g/mol. The van der Waals surface area contributed by atoms with Gasteiger partial charge in [-0.3, -0.25) is 14.7 Å². The number of allylic oxidation sites excluding steroid dienone is 1. The molecular weight excluding hydrogens is 370 g/mol. The molecule has 2 fully saturated rings. The Morgan fingerprint density at radius 2 is 2.00 bits per heavy atom. The van der Waals surface area contributed by atoms with Crippen molar-refractivity contribution in [3.63, 3.8) is 0 Å². The molecule has 1 spiro atoms. The predicted molar refractivity (Wildman–Crippen MR) is 115 cm³/mol. The van der Waals surface area contributed by atoms with Gasteiger partial charge < -0.3 is 10.6 Å². The highest BCUT2D eigenvalue weighted by Crippen LogP contribution is 2.46. The lowest BCUT2D eigenvalue weighted by atomic mass is 9.77. The predicted octanol–water partition coefficient (Wildman–Crippen LogP) is 3.73. The lowest BCUT2D eigenvalue weighted by Gasteiger charge is -2.41. The molecule has 0 atom stereocenters. The van der Waals surface area contributed by atoms with Crippen LogP contribution in [0.2, 0.25) is 0 Å². The molecule has 1 aromatic rings. The standard InChI is InChI=1S/C21H31N5OS/c1-16-14-23-11-6-18(16)28-17(2)19(22)24-20(25(3)15-27)26-12-9-21(10-13-26)7-4-5-8-21/h6,11,14-15H,4-5,7-10,12-13,22H2,1-3H3/b19-17+,24-20?. The van der Waals surface area contributed by atoms with Gasteiger partial charge >= 0.3 is 0 Å². The van der Waals surface area contributed by atoms with Crippen molar-refractivity contribution >= 4 is 24.1 Å². The van der Waals surface area contributed by atoms with Crippen LogP contribution in [0.3, 0.4) is 0 Å². The molecule has 28 heavy (non-hydrogen) atoms. The Hall–Kier alpha value is -2.02. The van der Waals surface area contributed by atoms with Crippen molar-refractivity contribution in [2.75, 3.05) is 20.1 Å². The SMILES string of the molecule is C/C(Sc1ccncc1C)=C(/N)N=C(N(C)C=O)N1CCC2(CCCC2)CC1. The molecule has 2 N–H and O–H groups in total. The van der Waals surface area contributed by atoms with Gasteiger partial charge in [-0.2, -0.15) is 4.99 Å². The number of thioether (sulfide) groups is 1. The number of amides is 1. The second kappa shape index (κ2) is 8.99. The van der Waals surface area contributed by atoms with E-state index < -0.39 is 0 Å². The molecule has 2 aliphatic rings. The van der Waals surface area contributed by atoms with Crippen LogP contribution < -0.4 is 5.73 Å². The van der Waals surface area contributed by atoms with Crippen molar-refractivity contribution in [1.82, 2.24) is 14.8 Å². The number of hydrogen-bond donors (Lipinski definition) is 1. The first-order valence-electron chi connectivity index (χ1n) is 10.0. The summed E-state index contributed by atoms with van der Waals surface area (Å²) in [4.78, 5) is 26.0. The number of nitrogens with zero attached hydrogens (tertiary/aromatic N) is 4. The first kappa shape index (κ1) is 20.7. The van der Waals surface area contributed by atoms with E-state index in [0.717, 1.165) is 34.9 Å². The molecule has 2 heterocycles. The number of aromatic nitrogens is 1. The third kappa shape index (κ3) is 4.69. The number of aliphatic imine (C=N–C) groups is 1. The van der Waals surface area contributed by atoms with Gasteiger partial charge in [-0.25, -0.2) is 0 Å². The molecule has 1 amide bonds. The van der Waals surface area contributed by atoms with Crippen LogP contribution in [0.5, 0.6) is 0 Å². The summed E-state index contributed by atoms with van der Waals surface area (Å²) in [6.45, 7) is 5.85. The van der Waals surface area contributed by atoms with E-state index in [9.17, 15) is 4.79 Å². The van der Waals surface area contributed by atoms with Gasteiger partial charge in [0.05, 0.1) is 0 Å². The van der Waals surface area contributed by atoms with Crippen LogP contribution in [0.1, 0.15) is 51.0 Å². The molecule has 1 aliphatic heterocycles. The molecule has 7 heteroatoms. The Kier molecular flexibility index (Phi) is 6.65. The molecule has 1 saturated heterocycles. The van der Waals surface area contributed by atoms with Gasteiger partial charge in [-0.1, -0.05) is 24.6 Å². The third-order valence-electron chi connectivity index (χ3n) is 6.06. The maximum Gasteiger partial charge on any atom is 0.216 e. The van der Waals surface area contributed by atoms with E-state index in [4.69, 9.17) is 5.73 Å². The van der Waals surface area contributed by atoms with Gasteiger partial charge in [0.2, 0.25) is 12.4 Å². The number of carbonyl (C=O) groups is 1. The third-order valence-corrected chi connectivity index (χ3v) is 7.25. The fraction of sp³-hybridized carbons (Fsp3) is 0.571. The summed E-state index contributed by atoms with van der Waals surface area (Å²) >= 11 is 1.58. The van der Waals surface area contributed by atoms with Crippen LogP contribution in [-0.4, -0.2) is 47.3 Å². The fourth-order valence-corrected chi connectivity index (χ4v) is 5.03. The van der Waals surface area contributed by atoms with Crippen molar-refractivity contribution in [3.8, 4) is 0 Å². The molecule has 152 valence electrons. The summed E-state index contributed by atoms with van der Waals surface area (Å²) in [5.74, 6) is 1.10. The van der Waals surface area contributed by atoms with Crippen LogP contribution >= 0.6 is 11.8 Å². The first-order chi connectivity index (χ1) is 13.4. The van der Waals surface area contributed by atoms with Gasteiger partial charge in [0.25, 0.3) is 0 Å². The zero-order valence-corrected chi connectivity index (χ0v) is 18.0. The minimum Gasteiger partial charge on any atom is -0.383 e. The number of aryl methyl sites for hydroxylation is 1. The van der Waals surface area contributed by atoms with Crippen LogP contribution in [0, 0.1) is 12.3 Å². The minimum atomic E-state index is 0.450. The topological polar surface area (TPSA) is 74.8 Å². The van der Waals surface area contributed by atoms with E-state index in [1.807, 2.05) is 26.1 Å². The Labute approximate surface area is 172 Å². The summed E-state index contributed by atoms with van der Waals surface area (Å²) in [6, 6.07) is 1.98. The zero-order valence-electron chi connectivity index (χ0n) is 17.1. The summed E-state index contributed by atoms with van der Waals surface area (Å²) in [5.41, 5.74) is 7.94. The normalized spacial score (nSPS) is 20.2. The second-order valence-corrected chi connectivity index (χ2v) is 9.26. The minimum absolute atomic E-state index is 0.450. The quantitative estimate of drug-likeness (QED) is 0.360. The van der Waals surface area contributed by atoms with Crippen LogP contribution in [-0.2, 0) is 4.79 Å². The maximum absolute atomic E-state index is 11.5. The van der Waals surface area contributed by atoms with E-state index in [2.05, 4.69) is 14.9 Å². The maximum atomic E-state index is 11.5. The Balaban J connectivity index is 1.77. The average Bonchev–Trinajstić information content (AvgIpc) is 3.16. The van der Waals surface area contributed by atoms with Crippen molar-refractivity contribution in [2.24, 2.45) is 16.1 Å².